The number of amides is 1. The van der Waals surface area contributed by atoms with Gasteiger partial charge in [0, 0.05) is 21.0 Å². The summed E-state index contributed by atoms with van der Waals surface area (Å²) in [5, 5.41) is 3.38. The van der Waals surface area contributed by atoms with Crippen LogP contribution in [-0.4, -0.2) is 17.5 Å². The fraction of sp³-hybridized carbons (Fsp3) is 0.250. The lowest BCUT2D eigenvalue weighted by Gasteiger charge is -2.07. The van der Waals surface area contributed by atoms with E-state index in [4.69, 9.17) is 4.74 Å². The van der Waals surface area contributed by atoms with E-state index < -0.39 is 0 Å². The number of anilines is 1. The van der Waals surface area contributed by atoms with Gasteiger partial charge in [-0.05, 0) is 45.0 Å². The van der Waals surface area contributed by atoms with Gasteiger partial charge in [0.15, 0.2) is 5.13 Å². The van der Waals surface area contributed by atoms with E-state index in [1.54, 1.807) is 6.08 Å². The quantitative estimate of drug-likeness (QED) is 0.772. The molecule has 0 unspecified atom stereocenters. The summed E-state index contributed by atoms with van der Waals surface area (Å²) < 4.78 is 6.48. The van der Waals surface area contributed by atoms with E-state index in [2.05, 4.69) is 26.2 Å². The predicted octanol–water partition coefficient (Wildman–Crippen LogP) is 4.57. The topological polar surface area (TPSA) is 51.2 Å². The van der Waals surface area contributed by atoms with E-state index in [0.29, 0.717) is 11.7 Å². The van der Waals surface area contributed by atoms with Gasteiger partial charge in [0.1, 0.15) is 5.75 Å². The minimum atomic E-state index is -0.212. The Morgan fingerprint density at radius 1 is 1.45 bits per heavy atom. The maximum absolute atomic E-state index is 12.0. The number of nitrogens with one attached hydrogen (secondary N) is 1. The molecule has 0 aliphatic carbocycles. The summed E-state index contributed by atoms with van der Waals surface area (Å²) in [6.45, 7) is 6.41. The molecule has 0 bridgehead atoms. The summed E-state index contributed by atoms with van der Waals surface area (Å²) in [5.74, 6) is 0.534. The van der Waals surface area contributed by atoms with E-state index in [0.717, 1.165) is 26.4 Å². The molecule has 0 radical (unpaired) electrons. The van der Waals surface area contributed by atoms with E-state index in [9.17, 15) is 4.79 Å². The predicted molar refractivity (Wildman–Crippen MR) is 94.6 cm³/mol. The number of ether oxygens (including phenoxy) is 1. The number of carbonyl (C=O) groups excluding carboxylic acids is 1. The zero-order valence-corrected chi connectivity index (χ0v) is 15.0. The molecule has 0 atom stereocenters. The van der Waals surface area contributed by atoms with Crippen LogP contribution in [0.2, 0.25) is 0 Å². The molecule has 2 rings (SSSR count). The lowest BCUT2D eigenvalue weighted by Crippen LogP contribution is -2.07. The first-order valence-corrected chi connectivity index (χ1v) is 8.46. The molecule has 0 saturated carbocycles. The van der Waals surface area contributed by atoms with Crippen molar-refractivity contribution >= 4 is 44.4 Å². The fourth-order valence-electron chi connectivity index (χ4n) is 1.78. The summed E-state index contributed by atoms with van der Waals surface area (Å²) in [4.78, 5) is 17.4. The number of aromatic nitrogens is 1. The van der Waals surface area contributed by atoms with Gasteiger partial charge in [-0.3, -0.25) is 10.1 Å². The van der Waals surface area contributed by atoms with Crippen LogP contribution in [0.25, 0.3) is 6.08 Å². The largest absolute Gasteiger partial charge is 0.493 e. The second-order valence-electron chi connectivity index (χ2n) is 4.60. The zero-order chi connectivity index (χ0) is 16.1. The standard InChI is InChI=1S/C16H17BrN2O2S/c1-4-21-14-7-6-13(17)9-12(14)5-8-15(20)19-16-18-10(2)11(3)22-16/h5-9H,4H2,1-3H3,(H,18,19,20)/b8-5+. The van der Waals surface area contributed by atoms with Crippen LogP contribution >= 0.6 is 27.3 Å². The van der Waals surface area contributed by atoms with Crippen molar-refractivity contribution in [2.75, 3.05) is 11.9 Å². The monoisotopic (exact) mass is 380 g/mol. The average Bonchev–Trinajstić information content (AvgIpc) is 2.77. The van der Waals surface area contributed by atoms with Crippen molar-refractivity contribution in [3.63, 3.8) is 0 Å². The Kier molecular flexibility index (Phi) is 5.74. The van der Waals surface area contributed by atoms with E-state index >= 15 is 0 Å². The summed E-state index contributed by atoms with van der Waals surface area (Å²) in [7, 11) is 0. The molecule has 116 valence electrons. The van der Waals surface area contributed by atoms with Crippen molar-refractivity contribution in [1.82, 2.24) is 4.98 Å². The number of nitrogens with zero attached hydrogens (tertiary/aromatic N) is 1. The van der Waals surface area contributed by atoms with Gasteiger partial charge in [-0.25, -0.2) is 4.98 Å². The van der Waals surface area contributed by atoms with Gasteiger partial charge < -0.3 is 4.74 Å². The Hall–Kier alpha value is -1.66. The average molecular weight is 381 g/mol. The van der Waals surface area contributed by atoms with E-state index in [-0.39, 0.29) is 5.91 Å². The Balaban J connectivity index is 2.10. The maximum atomic E-state index is 12.0. The van der Waals surface area contributed by atoms with Crippen molar-refractivity contribution in [1.29, 1.82) is 0 Å². The van der Waals surface area contributed by atoms with Gasteiger partial charge >= 0.3 is 0 Å². The molecule has 1 N–H and O–H groups in total. The van der Waals surface area contributed by atoms with Crippen molar-refractivity contribution in [2.24, 2.45) is 0 Å². The third-order valence-electron chi connectivity index (χ3n) is 2.94. The van der Waals surface area contributed by atoms with Gasteiger partial charge in [-0.1, -0.05) is 15.9 Å². The zero-order valence-electron chi connectivity index (χ0n) is 12.6. The number of rotatable bonds is 5. The van der Waals surface area contributed by atoms with Crippen molar-refractivity contribution < 1.29 is 9.53 Å². The number of hydrogen-bond acceptors (Lipinski definition) is 4. The summed E-state index contributed by atoms with van der Waals surface area (Å²) in [6, 6.07) is 5.69. The van der Waals surface area contributed by atoms with Crippen molar-refractivity contribution in [3.05, 3.63) is 44.9 Å². The summed E-state index contributed by atoms with van der Waals surface area (Å²) in [5.41, 5.74) is 1.78. The van der Waals surface area contributed by atoms with Crippen LogP contribution in [0.3, 0.4) is 0 Å². The van der Waals surface area contributed by atoms with Crippen LogP contribution in [0.1, 0.15) is 23.1 Å². The van der Waals surface area contributed by atoms with Gasteiger partial charge in [0.05, 0.1) is 12.3 Å². The highest BCUT2D eigenvalue weighted by Crippen LogP contribution is 2.25. The lowest BCUT2D eigenvalue weighted by atomic mass is 10.2. The van der Waals surface area contributed by atoms with Crippen LogP contribution in [-0.2, 0) is 4.79 Å². The minimum absolute atomic E-state index is 0.212. The van der Waals surface area contributed by atoms with Crippen molar-refractivity contribution in [3.8, 4) is 5.75 Å². The molecule has 0 aliphatic heterocycles. The molecular formula is C16H17BrN2O2S. The number of hydrogen-bond donors (Lipinski definition) is 1. The molecule has 1 amide bonds. The van der Waals surface area contributed by atoms with Gasteiger partial charge in [0.2, 0.25) is 5.91 Å². The second-order valence-corrected chi connectivity index (χ2v) is 6.72. The molecule has 4 nitrogen and oxygen atoms in total. The molecule has 0 aliphatic rings. The highest BCUT2D eigenvalue weighted by atomic mass is 79.9. The van der Waals surface area contributed by atoms with E-state index in [1.807, 2.05) is 39.0 Å². The number of benzene rings is 1. The molecular weight excluding hydrogens is 364 g/mol. The molecule has 0 fully saturated rings. The SMILES string of the molecule is CCOc1ccc(Br)cc1/C=C/C(=O)Nc1nc(C)c(C)s1. The maximum Gasteiger partial charge on any atom is 0.250 e. The Morgan fingerprint density at radius 3 is 2.86 bits per heavy atom. The summed E-state index contributed by atoms with van der Waals surface area (Å²) >= 11 is 4.89. The number of thiazole rings is 1. The first-order valence-electron chi connectivity index (χ1n) is 6.85. The molecule has 1 heterocycles. The van der Waals surface area contributed by atoms with Crippen LogP contribution in [0.15, 0.2) is 28.7 Å². The third kappa shape index (κ3) is 4.42. The highest BCUT2D eigenvalue weighted by molar-refractivity contribution is 9.10. The van der Waals surface area contributed by atoms with Crippen LogP contribution < -0.4 is 10.1 Å². The first kappa shape index (κ1) is 16.7. The molecule has 0 saturated heterocycles. The highest BCUT2D eigenvalue weighted by Gasteiger charge is 2.06. The molecule has 1 aromatic carbocycles. The third-order valence-corrected chi connectivity index (χ3v) is 4.43. The van der Waals surface area contributed by atoms with Crippen LogP contribution in [0.4, 0.5) is 5.13 Å². The van der Waals surface area contributed by atoms with Gasteiger partial charge in [0.25, 0.3) is 0 Å². The molecule has 22 heavy (non-hydrogen) atoms. The summed E-state index contributed by atoms with van der Waals surface area (Å²) in [6.07, 6.45) is 3.22. The normalized spacial score (nSPS) is 10.9. The van der Waals surface area contributed by atoms with Gasteiger partial charge in [-0.2, -0.15) is 0 Å². The van der Waals surface area contributed by atoms with Gasteiger partial charge in [-0.15, -0.1) is 11.3 Å². The smallest absolute Gasteiger partial charge is 0.250 e. The van der Waals surface area contributed by atoms with E-state index in [1.165, 1.54) is 17.4 Å². The first-order chi connectivity index (χ1) is 10.5. The minimum Gasteiger partial charge on any atom is -0.493 e. The lowest BCUT2D eigenvalue weighted by molar-refractivity contribution is -0.111. The second kappa shape index (κ2) is 7.56. The Bertz CT molecular complexity index is 691. The Morgan fingerprint density at radius 2 is 2.23 bits per heavy atom. The van der Waals surface area contributed by atoms with Crippen LogP contribution in [0.5, 0.6) is 5.75 Å². The molecule has 1 aromatic heterocycles. The van der Waals surface area contributed by atoms with Crippen LogP contribution in [0, 0.1) is 13.8 Å². The number of aryl methyl sites for hydroxylation is 2. The molecule has 0 spiro atoms. The van der Waals surface area contributed by atoms with Crippen molar-refractivity contribution in [2.45, 2.75) is 20.8 Å². The number of carbonyl (C=O) groups is 1. The Labute approximate surface area is 142 Å². The molecule has 2 aromatic rings. The molecule has 6 heteroatoms. The fourth-order valence-corrected chi connectivity index (χ4v) is 2.97. The number of halogens is 1.